The van der Waals surface area contributed by atoms with E-state index in [1.165, 1.54) is 0 Å². The van der Waals surface area contributed by atoms with E-state index >= 15 is 0 Å². The number of rotatable bonds is 2. The summed E-state index contributed by atoms with van der Waals surface area (Å²) in [6.45, 7) is 2.36. The summed E-state index contributed by atoms with van der Waals surface area (Å²) in [7, 11) is 1.85. The van der Waals surface area contributed by atoms with E-state index in [9.17, 15) is 0 Å². The Morgan fingerprint density at radius 3 is 2.63 bits per heavy atom. The van der Waals surface area contributed by atoms with Crippen molar-refractivity contribution < 1.29 is 4.74 Å². The third-order valence-corrected chi connectivity index (χ3v) is 3.02. The Hall–Kier alpha value is -2.50. The van der Waals surface area contributed by atoms with Crippen LogP contribution in [0.25, 0.3) is 5.69 Å². The van der Waals surface area contributed by atoms with Crippen LogP contribution in [0.2, 0.25) is 0 Å². The largest absolute Gasteiger partial charge is 0.452 e. The van der Waals surface area contributed by atoms with E-state index in [1.54, 1.807) is 9.69 Å². The molecule has 1 aliphatic heterocycles. The van der Waals surface area contributed by atoms with Crippen molar-refractivity contribution in [2.75, 3.05) is 19.5 Å². The Morgan fingerprint density at radius 1 is 1.26 bits per heavy atom. The Labute approximate surface area is 111 Å². The number of benzene rings is 1. The van der Waals surface area contributed by atoms with Gasteiger partial charge in [0.2, 0.25) is 0 Å². The van der Waals surface area contributed by atoms with E-state index in [0.29, 0.717) is 24.1 Å². The quantitative estimate of drug-likeness (QED) is 0.881. The van der Waals surface area contributed by atoms with Gasteiger partial charge in [-0.3, -0.25) is 5.01 Å². The van der Waals surface area contributed by atoms with Crippen molar-refractivity contribution in [1.82, 2.24) is 14.8 Å². The maximum Gasteiger partial charge on any atom is 0.261 e. The van der Waals surface area contributed by atoms with Crippen LogP contribution in [0.5, 0.6) is 0 Å². The molecule has 6 heteroatoms. The fourth-order valence-corrected chi connectivity index (χ4v) is 1.96. The highest BCUT2D eigenvalue weighted by Gasteiger charge is 2.22. The van der Waals surface area contributed by atoms with Gasteiger partial charge >= 0.3 is 0 Å². The smallest absolute Gasteiger partial charge is 0.261 e. The second-order valence-corrected chi connectivity index (χ2v) is 4.44. The standard InChI is InChI=1S/C13H15N5O/c1-9-11(13-16-17(2)8-19-13)15-18(12(9)14)10-6-4-3-5-7-10/h3-7H,8,14H2,1-2H3. The summed E-state index contributed by atoms with van der Waals surface area (Å²) < 4.78 is 7.18. The van der Waals surface area contributed by atoms with E-state index in [2.05, 4.69) is 10.2 Å². The average molecular weight is 257 g/mol. The Morgan fingerprint density at radius 2 is 2.00 bits per heavy atom. The molecule has 0 amide bonds. The summed E-state index contributed by atoms with van der Waals surface area (Å²) in [5.74, 6) is 1.11. The number of hydrogen-bond acceptors (Lipinski definition) is 5. The van der Waals surface area contributed by atoms with Gasteiger partial charge in [-0.2, -0.15) is 5.10 Å². The molecule has 0 fully saturated rings. The number of hydrazone groups is 1. The van der Waals surface area contributed by atoms with Crippen LogP contribution in [0.4, 0.5) is 5.82 Å². The highest BCUT2D eigenvalue weighted by atomic mass is 16.5. The molecular formula is C13H15N5O. The lowest BCUT2D eigenvalue weighted by molar-refractivity contribution is 0.198. The minimum Gasteiger partial charge on any atom is -0.452 e. The molecule has 1 aromatic heterocycles. The van der Waals surface area contributed by atoms with E-state index in [-0.39, 0.29) is 0 Å². The van der Waals surface area contributed by atoms with Crippen LogP contribution in [0.15, 0.2) is 35.4 Å². The van der Waals surface area contributed by atoms with Crippen LogP contribution in [0, 0.1) is 6.92 Å². The number of aromatic nitrogens is 2. The maximum absolute atomic E-state index is 6.11. The fraction of sp³-hybridized carbons (Fsp3) is 0.231. The Kier molecular flexibility index (Phi) is 2.63. The fourth-order valence-electron chi connectivity index (χ4n) is 1.96. The van der Waals surface area contributed by atoms with Crippen LogP contribution in [-0.4, -0.2) is 34.5 Å². The van der Waals surface area contributed by atoms with Gasteiger partial charge in [-0.1, -0.05) is 18.2 Å². The molecule has 2 heterocycles. The minimum atomic E-state index is 0.437. The number of para-hydroxylation sites is 1. The van der Waals surface area contributed by atoms with Crippen LogP contribution in [0.3, 0.4) is 0 Å². The van der Waals surface area contributed by atoms with Gasteiger partial charge in [-0.05, 0) is 19.1 Å². The predicted octanol–water partition coefficient (Wildman–Crippen LogP) is 1.34. The van der Waals surface area contributed by atoms with Gasteiger partial charge in [0, 0.05) is 12.6 Å². The summed E-state index contributed by atoms with van der Waals surface area (Å²) in [5, 5.41) is 10.5. The number of hydrogen-bond donors (Lipinski definition) is 1. The molecule has 0 atom stereocenters. The average Bonchev–Trinajstić information content (AvgIpc) is 2.97. The third-order valence-electron chi connectivity index (χ3n) is 3.02. The van der Waals surface area contributed by atoms with E-state index in [4.69, 9.17) is 10.5 Å². The topological polar surface area (TPSA) is 68.7 Å². The third kappa shape index (κ3) is 1.91. The van der Waals surface area contributed by atoms with Gasteiger partial charge in [-0.15, -0.1) is 5.10 Å². The first-order valence-corrected chi connectivity index (χ1v) is 6.00. The minimum absolute atomic E-state index is 0.437. The van der Waals surface area contributed by atoms with E-state index in [1.807, 2.05) is 44.3 Å². The van der Waals surface area contributed by atoms with Crippen LogP contribution < -0.4 is 5.73 Å². The molecule has 0 saturated carbocycles. The molecule has 19 heavy (non-hydrogen) atoms. The molecule has 0 spiro atoms. The molecule has 0 bridgehead atoms. The monoisotopic (exact) mass is 257 g/mol. The lowest BCUT2D eigenvalue weighted by atomic mass is 10.2. The van der Waals surface area contributed by atoms with E-state index in [0.717, 1.165) is 11.3 Å². The van der Waals surface area contributed by atoms with E-state index < -0.39 is 0 Å². The highest BCUT2D eigenvalue weighted by Crippen LogP contribution is 2.22. The van der Waals surface area contributed by atoms with Crippen molar-refractivity contribution in [3.63, 3.8) is 0 Å². The zero-order chi connectivity index (χ0) is 13.4. The molecule has 98 valence electrons. The first-order valence-electron chi connectivity index (χ1n) is 6.00. The van der Waals surface area contributed by atoms with Gasteiger partial charge in [0.15, 0.2) is 12.4 Å². The molecule has 2 aromatic rings. The number of nitrogens with two attached hydrogens (primary N) is 1. The van der Waals surface area contributed by atoms with Crippen molar-refractivity contribution in [1.29, 1.82) is 0 Å². The Bertz CT molecular complexity index is 632. The summed E-state index contributed by atoms with van der Waals surface area (Å²) in [6, 6.07) is 9.76. The van der Waals surface area contributed by atoms with Gasteiger partial charge in [-0.25, -0.2) is 4.68 Å². The van der Waals surface area contributed by atoms with Crippen molar-refractivity contribution >= 4 is 11.7 Å². The van der Waals surface area contributed by atoms with Crippen LogP contribution in [-0.2, 0) is 4.74 Å². The van der Waals surface area contributed by atoms with Crippen LogP contribution >= 0.6 is 0 Å². The number of ether oxygens (including phenoxy) is 1. The molecule has 3 rings (SSSR count). The molecule has 6 nitrogen and oxygen atoms in total. The van der Waals surface area contributed by atoms with Crippen molar-refractivity contribution in [2.24, 2.45) is 5.10 Å². The number of nitrogen functional groups attached to an aromatic ring is 1. The summed E-state index contributed by atoms with van der Waals surface area (Å²) in [6.07, 6.45) is 0. The maximum atomic E-state index is 6.11. The Balaban J connectivity index is 2.08. The molecule has 1 aromatic carbocycles. The molecule has 0 unspecified atom stereocenters. The lowest BCUT2D eigenvalue weighted by Gasteiger charge is -2.02. The van der Waals surface area contributed by atoms with Crippen molar-refractivity contribution in [3.05, 3.63) is 41.6 Å². The van der Waals surface area contributed by atoms with Gasteiger partial charge in [0.1, 0.15) is 5.82 Å². The molecule has 0 radical (unpaired) electrons. The molecule has 0 saturated heterocycles. The summed E-state index contributed by atoms with van der Waals surface area (Å²) in [4.78, 5) is 0. The summed E-state index contributed by atoms with van der Waals surface area (Å²) >= 11 is 0. The molecule has 1 aliphatic rings. The first kappa shape index (κ1) is 11.6. The van der Waals surface area contributed by atoms with Crippen molar-refractivity contribution in [3.8, 4) is 5.69 Å². The molecule has 0 aliphatic carbocycles. The second kappa shape index (κ2) is 4.31. The first-order chi connectivity index (χ1) is 9.16. The number of nitrogens with zero attached hydrogens (tertiary/aromatic N) is 4. The van der Waals surface area contributed by atoms with Crippen molar-refractivity contribution in [2.45, 2.75) is 6.92 Å². The molecule has 2 N–H and O–H groups in total. The van der Waals surface area contributed by atoms with Crippen LogP contribution in [0.1, 0.15) is 11.3 Å². The zero-order valence-corrected chi connectivity index (χ0v) is 10.9. The van der Waals surface area contributed by atoms with Gasteiger partial charge in [0.05, 0.1) is 5.69 Å². The summed E-state index contributed by atoms with van der Waals surface area (Å²) in [5.41, 5.74) is 8.59. The zero-order valence-electron chi connectivity index (χ0n) is 10.9. The van der Waals surface area contributed by atoms with Gasteiger partial charge < -0.3 is 10.5 Å². The molecular weight excluding hydrogens is 242 g/mol. The van der Waals surface area contributed by atoms with Gasteiger partial charge in [0.25, 0.3) is 5.90 Å². The normalized spacial score (nSPS) is 14.4. The SMILES string of the molecule is Cc1c(C2=NN(C)CO2)nn(-c2ccccc2)c1N. The lowest BCUT2D eigenvalue weighted by Crippen LogP contribution is -2.07. The predicted molar refractivity (Wildman–Crippen MR) is 73.0 cm³/mol. The number of anilines is 1. The highest BCUT2D eigenvalue weighted by molar-refractivity contribution is 5.95. The second-order valence-electron chi connectivity index (χ2n) is 4.44.